The predicted octanol–water partition coefficient (Wildman–Crippen LogP) is 1.98. The van der Waals surface area contributed by atoms with Crippen LogP contribution in [0.1, 0.15) is 25.6 Å². The Kier molecular flexibility index (Phi) is 9.60. The number of hydrogen-bond donors (Lipinski definition) is 3. The van der Waals surface area contributed by atoms with Crippen molar-refractivity contribution >= 4 is 47.2 Å². The number of amides is 1. The van der Waals surface area contributed by atoms with Crippen LogP contribution in [0.25, 0.3) is 0 Å². The maximum absolute atomic E-state index is 11.6. The molecule has 0 unspecified atom stereocenters. The third-order valence-electron chi connectivity index (χ3n) is 2.62. The van der Waals surface area contributed by atoms with Crippen LogP contribution in [0.15, 0.2) is 22.5 Å². The molecule has 120 valence electrons. The number of guanidine groups is 1. The highest BCUT2D eigenvalue weighted by molar-refractivity contribution is 14.0. The molecule has 0 aromatic carbocycles. The van der Waals surface area contributed by atoms with E-state index >= 15 is 0 Å². The molecule has 0 saturated heterocycles. The van der Waals surface area contributed by atoms with E-state index in [0.717, 1.165) is 6.42 Å². The van der Waals surface area contributed by atoms with Gasteiger partial charge in [-0.15, -0.1) is 35.3 Å². The number of aliphatic imine (C=N–C) groups is 1. The van der Waals surface area contributed by atoms with Crippen molar-refractivity contribution in [3.63, 3.8) is 0 Å². The van der Waals surface area contributed by atoms with Crippen molar-refractivity contribution in [2.45, 2.75) is 27.2 Å². The molecular weight excluding hydrogens is 399 g/mol. The number of nitrogens with two attached hydrogens (primary N) is 1. The van der Waals surface area contributed by atoms with Crippen molar-refractivity contribution in [2.75, 3.05) is 19.6 Å². The quantitative estimate of drug-likeness (QED) is 0.283. The Balaban J connectivity index is 0.00000400. The van der Waals surface area contributed by atoms with Gasteiger partial charge in [0.1, 0.15) is 0 Å². The maximum atomic E-state index is 11.6. The minimum Gasteiger partial charge on any atom is -0.370 e. The number of nitrogens with one attached hydrogen (secondary N) is 2. The summed E-state index contributed by atoms with van der Waals surface area (Å²) >= 11 is 1.72. The fraction of sp³-hybridized carbons (Fsp3) is 0.571. The molecule has 1 rings (SSSR count). The monoisotopic (exact) mass is 424 g/mol. The van der Waals surface area contributed by atoms with Crippen LogP contribution < -0.4 is 16.4 Å². The summed E-state index contributed by atoms with van der Waals surface area (Å²) in [4.78, 5) is 17.2. The van der Waals surface area contributed by atoms with Gasteiger partial charge >= 0.3 is 0 Å². The second kappa shape index (κ2) is 9.99. The summed E-state index contributed by atoms with van der Waals surface area (Å²) in [5.74, 6) is 0.457. The van der Waals surface area contributed by atoms with E-state index in [4.69, 9.17) is 5.73 Å². The molecule has 0 aliphatic heterocycles. The largest absolute Gasteiger partial charge is 0.370 e. The first-order valence-electron chi connectivity index (χ1n) is 6.74. The zero-order valence-electron chi connectivity index (χ0n) is 12.8. The van der Waals surface area contributed by atoms with Gasteiger partial charge < -0.3 is 16.4 Å². The molecule has 0 aliphatic carbocycles. The number of rotatable bonds is 6. The van der Waals surface area contributed by atoms with Crippen LogP contribution in [-0.4, -0.2) is 31.5 Å². The zero-order chi connectivity index (χ0) is 15.0. The molecule has 1 aromatic heterocycles. The Bertz CT molecular complexity index is 440. The summed E-state index contributed by atoms with van der Waals surface area (Å²) in [6, 6.07) is 4.12. The topological polar surface area (TPSA) is 79.5 Å². The van der Waals surface area contributed by atoms with Crippen LogP contribution >= 0.6 is 35.3 Å². The fourth-order valence-corrected chi connectivity index (χ4v) is 2.13. The molecule has 0 fully saturated rings. The summed E-state index contributed by atoms with van der Waals surface area (Å²) in [7, 11) is 0. The normalized spacial score (nSPS) is 11.7. The van der Waals surface area contributed by atoms with Crippen LogP contribution in [0, 0.1) is 5.41 Å². The number of carbonyl (C=O) groups excluding carboxylic acids is 1. The molecule has 21 heavy (non-hydrogen) atoms. The van der Waals surface area contributed by atoms with Gasteiger partial charge in [-0.3, -0.25) is 9.79 Å². The SMILES string of the molecule is CC(C)(C)C(=O)NCCNC(N)=NCCc1cccs1.I. The Morgan fingerprint density at radius 1 is 1.33 bits per heavy atom. The average molecular weight is 424 g/mol. The van der Waals surface area contributed by atoms with E-state index in [1.165, 1.54) is 4.88 Å². The van der Waals surface area contributed by atoms with E-state index in [1.807, 2.05) is 26.8 Å². The molecule has 0 atom stereocenters. The summed E-state index contributed by atoms with van der Waals surface area (Å²) in [5, 5.41) is 7.89. The zero-order valence-corrected chi connectivity index (χ0v) is 16.0. The summed E-state index contributed by atoms with van der Waals surface area (Å²) in [5.41, 5.74) is 5.38. The molecule has 7 heteroatoms. The molecule has 5 nitrogen and oxygen atoms in total. The lowest BCUT2D eigenvalue weighted by Crippen LogP contribution is -2.41. The van der Waals surface area contributed by atoms with Gasteiger partial charge in [-0.1, -0.05) is 26.8 Å². The van der Waals surface area contributed by atoms with Gasteiger partial charge in [0, 0.05) is 36.3 Å². The molecule has 1 heterocycles. The average Bonchev–Trinajstić information content (AvgIpc) is 2.86. The Labute approximate surface area is 147 Å². The molecule has 0 aliphatic rings. The van der Waals surface area contributed by atoms with Crippen molar-refractivity contribution in [1.82, 2.24) is 10.6 Å². The maximum Gasteiger partial charge on any atom is 0.225 e. The predicted molar refractivity (Wildman–Crippen MR) is 100 cm³/mol. The Hall–Kier alpha value is -0.830. The molecule has 0 radical (unpaired) electrons. The van der Waals surface area contributed by atoms with Crippen molar-refractivity contribution < 1.29 is 4.79 Å². The second-order valence-corrected chi connectivity index (χ2v) is 6.56. The molecule has 4 N–H and O–H groups in total. The summed E-state index contributed by atoms with van der Waals surface area (Å²) in [6.07, 6.45) is 0.904. The lowest BCUT2D eigenvalue weighted by Gasteiger charge is -2.17. The number of carbonyl (C=O) groups is 1. The first-order valence-corrected chi connectivity index (χ1v) is 7.62. The third-order valence-corrected chi connectivity index (χ3v) is 3.55. The van der Waals surface area contributed by atoms with Crippen molar-refractivity contribution in [3.8, 4) is 0 Å². The lowest BCUT2D eigenvalue weighted by atomic mass is 9.96. The van der Waals surface area contributed by atoms with E-state index in [0.29, 0.717) is 25.6 Å². The van der Waals surface area contributed by atoms with Gasteiger partial charge in [-0.25, -0.2) is 0 Å². The summed E-state index contributed by atoms with van der Waals surface area (Å²) < 4.78 is 0. The van der Waals surface area contributed by atoms with E-state index in [9.17, 15) is 4.79 Å². The molecular formula is C14H25IN4OS. The molecule has 1 aromatic rings. The van der Waals surface area contributed by atoms with Gasteiger partial charge in [0.05, 0.1) is 0 Å². The van der Waals surface area contributed by atoms with E-state index in [-0.39, 0.29) is 35.3 Å². The van der Waals surface area contributed by atoms with E-state index in [1.54, 1.807) is 11.3 Å². The van der Waals surface area contributed by atoms with Crippen molar-refractivity contribution in [1.29, 1.82) is 0 Å². The molecule has 1 amide bonds. The Morgan fingerprint density at radius 2 is 2.00 bits per heavy atom. The van der Waals surface area contributed by atoms with Crippen LogP contribution in [0.4, 0.5) is 0 Å². The van der Waals surface area contributed by atoms with Crippen molar-refractivity contribution in [2.24, 2.45) is 16.1 Å². The molecule has 0 saturated carbocycles. The van der Waals surface area contributed by atoms with Crippen LogP contribution in [-0.2, 0) is 11.2 Å². The van der Waals surface area contributed by atoms with Gasteiger partial charge in [-0.05, 0) is 11.4 Å². The van der Waals surface area contributed by atoms with E-state index in [2.05, 4.69) is 27.1 Å². The van der Waals surface area contributed by atoms with Crippen LogP contribution in [0.3, 0.4) is 0 Å². The lowest BCUT2D eigenvalue weighted by molar-refractivity contribution is -0.128. The highest BCUT2D eigenvalue weighted by atomic mass is 127. The van der Waals surface area contributed by atoms with Crippen LogP contribution in [0.2, 0.25) is 0 Å². The second-order valence-electron chi connectivity index (χ2n) is 5.53. The first kappa shape index (κ1) is 20.2. The van der Waals surface area contributed by atoms with Gasteiger partial charge in [0.15, 0.2) is 5.96 Å². The standard InChI is InChI=1S/C14H24N4OS.HI/c1-14(2,3)12(19)16-8-9-18-13(15)17-7-6-11-5-4-10-20-11;/h4-5,10H,6-9H2,1-3H3,(H,16,19)(H3,15,17,18);1H. The highest BCUT2D eigenvalue weighted by Crippen LogP contribution is 2.11. The minimum atomic E-state index is -0.361. The highest BCUT2D eigenvalue weighted by Gasteiger charge is 2.20. The van der Waals surface area contributed by atoms with E-state index < -0.39 is 0 Å². The fourth-order valence-electron chi connectivity index (χ4n) is 1.43. The minimum absolute atomic E-state index is 0. The van der Waals surface area contributed by atoms with Gasteiger partial charge in [0.2, 0.25) is 5.91 Å². The number of thiophene rings is 1. The number of nitrogens with zero attached hydrogens (tertiary/aromatic N) is 1. The molecule has 0 spiro atoms. The Morgan fingerprint density at radius 3 is 2.57 bits per heavy atom. The number of halogens is 1. The molecule has 0 bridgehead atoms. The van der Waals surface area contributed by atoms with Crippen molar-refractivity contribution in [3.05, 3.63) is 22.4 Å². The smallest absolute Gasteiger partial charge is 0.225 e. The third kappa shape index (κ3) is 8.92. The first-order chi connectivity index (χ1) is 9.39. The summed E-state index contributed by atoms with van der Waals surface area (Å²) in [6.45, 7) is 7.45. The number of hydrogen-bond acceptors (Lipinski definition) is 3. The van der Waals surface area contributed by atoms with Gasteiger partial charge in [0.25, 0.3) is 0 Å². The van der Waals surface area contributed by atoms with Crippen LogP contribution in [0.5, 0.6) is 0 Å². The van der Waals surface area contributed by atoms with Gasteiger partial charge in [-0.2, -0.15) is 0 Å².